The summed E-state index contributed by atoms with van der Waals surface area (Å²) in [5.74, 6) is -0.458. The maximum atomic E-state index is 12.7. The van der Waals surface area contributed by atoms with Gasteiger partial charge in [0.2, 0.25) is 5.91 Å². The van der Waals surface area contributed by atoms with Gasteiger partial charge in [-0.3, -0.25) is 9.69 Å². The molecule has 25 heavy (non-hydrogen) atoms. The summed E-state index contributed by atoms with van der Waals surface area (Å²) in [5, 5.41) is 12.5. The highest BCUT2D eigenvalue weighted by Crippen LogP contribution is 2.29. The van der Waals surface area contributed by atoms with Crippen LogP contribution in [0.25, 0.3) is 0 Å². The van der Waals surface area contributed by atoms with Crippen LogP contribution in [0.3, 0.4) is 0 Å². The molecule has 0 radical (unpaired) electrons. The maximum absolute atomic E-state index is 12.7. The first-order chi connectivity index (χ1) is 11.6. The number of carbonyl (C=O) groups excluding carboxylic acids is 2. The summed E-state index contributed by atoms with van der Waals surface area (Å²) in [6.45, 7) is 5.57. The van der Waals surface area contributed by atoms with E-state index in [1.54, 1.807) is 40.0 Å². The Bertz CT molecular complexity index is 659. The van der Waals surface area contributed by atoms with Gasteiger partial charge in [-0.05, 0) is 39.0 Å². The Labute approximate surface area is 155 Å². The molecule has 0 spiro atoms. The average Bonchev–Trinajstić information content (AvgIpc) is 2.94. The van der Waals surface area contributed by atoms with Crippen molar-refractivity contribution >= 4 is 33.6 Å². The minimum Gasteiger partial charge on any atom is -0.506 e. The number of amides is 2. The van der Waals surface area contributed by atoms with Gasteiger partial charge in [0.15, 0.2) is 0 Å². The molecular formula is C17H23BrN2O5. The molecule has 2 amide bonds. The predicted octanol–water partition coefficient (Wildman–Crippen LogP) is 3.12. The zero-order valence-corrected chi connectivity index (χ0v) is 16.3. The number of hydrogen-bond acceptors (Lipinski definition) is 5. The molecule has 1 fully saturated rings. The number of anilines is 1. The van der Waals surface area contributed by atoms with Crippen LogP contribution in [0, 0.1) is 0 Å². The van der Waals surface area contributed by atoms with E-state index in [1.807, 2.05) is 0 Å². The number of rotatable bonds is 3. The standard InChI is InChI=1S/C17H23BrN2O5/c1-17(2,3)25-16(23)20-9-11(24-4)8-13(20)15(22)19-12-7-10(18)5-6-14(12)21/h5-7,11,13,21H,8-9H2,1-4H3,(H,19,22)/t11-,13+/m0/s1. The molecular weight excluding hydrogens is 392 g/mol. The molecule has 1 aliphatic rings. The van der Waals surface area contributed by atoms with Gasteiger partial charge in [-0.2, -0.15) is 0 Å². The number of ether oxygens (including phenoxy) is 2. The van der Waals surface area contributed by atoms with Gasteiger partial charge in [0.05, 0.1) is 18.3 Å². The number of methoxy groups -OCH3 is 1. The van der Waals surface area contributed by atoms with Crippen LogP contribution in [0.4, 0.5) is 10.5 Å². The zero-order valence-electron chi connectivity index (χ0n) is 14.7. The summed E-state index contributed by atoms with van der Waals surface area (Å²) in [4.78, 5) is 26.5. The Morgan fingerprint density at radius 3 is 2.64 bits per heavy atom. The molecule has 0 aromatic heterocycles. The van der Waals surface area contributed by atoms with Crippen molar-refractivity contribution in [3.8, 4) is 5.75 Å². The van der Waals surface area contributed by atoms with Crippen LogP contribution in [-0.4, -0.2) is 53.4 Å². The SMILES string of the molecule is CO[C@H]1C[C@H](C(=O)Nc2cc(Br)ccc2O)N(C(=O)OC(C)(C)C)C1. The van der Waals surface area contributed by atoms with Crippen LogP contribution in [0.1, 0.15) is 27.2 Å². The van der Waals surface area contributed by atoms with E-state index >= 15 is 0 Å². The van der Waals surface area contributed by atoms with Crippen LogP contribution in [0.15, 0.2) is 22.7 Å². The topological polar surface area (TPSA) is 88.1 Å². The molecule has 138 valence electrons. The van der Waals surface area contributed by atoms with Gasteiger partial charge in [-0.15, -0.1) is 0 Å². The molecule has 1 aliphatic heterocycles. The fraction of sp³-hybridized carbons (Fsp3) is 0.529. The molecule has 2 N–H and O–H groups in total. The Morgan fingerprint density at radius 2 is 2.04 bits per heavy atom. The van der Waals surface area contributed by atoms with Crippen molar-refractivity contribution in [2.24, 2.45) is 0 Å². The van der Waals surface area contributed by atoms with Crippen molar-refractivity contribution in [2.75, 3.05) is 19.0 Å². The lowest BCUT2D eigenvalue weighted by molar-refractivity contribution is -0.120. The number of nitrogens with one attached hydrogen (secondary N) is 1. The smallest absolute Gasteiger partial charge is 0.411 e. The van der Waals surface area contributed by atoms with Gasteiger partial charge >= 0.3 is 6.09 Å². The first-order valence-corrected chi connectivity index (χ1v) is 8.72. The summed E-state index contributed by atoms with van der Waals surface area (Å²) >= 11 is 3.29. The lowest BCUT2D eigenvalue weighted by Crippen LogP contribution is -2.45. The van der Waals surface area contributed by atoms with Gasteiger partial charge in [0.25, 0.3) is 0 Å². The fourth-order valence-corrected chi connectivity index (χ4v) is 2.92. The number of hydrogen-bond donors (Lipinski definition) is 2. The Balaban J connectivity index is 2.17. The molecule has 0 unspecified atom stereocenters. The molecule has 2 rings (SSSR count). The number of halogens is 1. The van der Waals surface area contributed by atoms with E-state index in [0.29, 0.717) is 10.9 Å². The third kappa shape index (κ3) is 5.09. The largest absolute Gasteiger partial charge is 0.506 e. The van der Waals surface area contributed by atoms with E-state index in [-0.39, 0.29) is 24.1 Å². The van der Waals surface area contributed by atoms with Crippen LogP contribution in [0.5, 0.6) is 5.75 Å². The Hall–Kier alpha value is -1.80. The maximum Gasteiger partial charge on any atom is 0.411 e. The minimum atomic E-state index is -0.738. The second kappa shape index (κ2) is 7.61. The zero-order chi connectivity index (χ0) is 18.8. The molecule has 1 heterocycles. The van der Waals surface area contributed by atoms with E-state index in [0.717, 1.165) is 0 Å². The van der Waals surface area contributed by atoms with Gasteiger partial charge in [0.1, 0.15) is 17.4 Å². The first kappa shape index (κ1) is 19.5. The quantitative estimate of drug-likeness (QED) is 0.741. The van der Waals surface area contributed by atoms with Crippen LogP contribution in [0.2, 0.25) is 0 Å². The summed E-state index contributed by atoms with van der Waals surface area (Å²) in [6.07, 6.45) is -0.457. The number of benzene rings is 1. The van der Waals surface area contributed by atoms with E-state index < -0.39 is 23.6 Å². The molecule has 8 heteroatoms. The van der Waals surface area contributed by atoms with Crippen molar-refractivity contribution < 1.29 is 24.2 Å². The molecule has 2 atom stereocenters. The van der Waals surface area contributed by atoms with Gasteiger partial charge in [0, 0.05) is 18.0 Å². The van der Waals surface area contributed by atoms with E-state index in [2.05, 4.69) is 21.2 Å². The Kier molecular flexibility index (Phi) is 5.95. The number of nitrogens with zero attached hydrogens (tertiary/aromatic N) is 1. The van der Waals surface area contributed by atoms with E-state index in [9.17, 15) is 14.7 Å². The van der Waals surface area contributed by atoms with E-state index in [4.69, 9.17) is 9.47 Å². The number of carbonyl (C=O) groups is 2. The third-order valence-electron chi connectivity index (χ3n) is 3.74. The lowest BCUT2D eigenvalue weighted by Gasteiger charge is -2.28. The molecule has 1 aromatic rings. The minimum absolute atomic E-state index is 0.0540. The summed E-state index contributed by atoms with van der Waals surface area (Å²) in [7, 11) is 1.54. The molecule has 1 aromatic carbocycles. The molecule has 1 saturated heterocycles. The highest BCUT2D eigenvalue weighted by Gasteiger charge is 2.41. The van der Waals surface area contributed by atoms with Crippen molar-refractivity contribution in [1.29, 1.82) is 0 Å². The monoisotopic (exact) mass is 414 g/mol. The summed E-state index contributed by atoms with van der Waals surface area (Å²) in [5.41, 5.74) is -0.393. The summed E-state index contributed by atoms with van der Waals surface area (Å²) < 4.78 is 11.4. The van der Waals surface area contributed by atoms with Crippen molar-refractivity contribution in [2.45, 2.75) is 44.9 Å². The lowest BCUT2D eigenvalue weighted by atomic mass is 10.1. The number of aromatic hydroxyl groups is 1. The highest BCUT2D eigenvalue weighted by atomic mass is 79.9. The normalized spacial score (nSPS) is 20.4. The third-order valence-corrected chi connectivity index (χ3v) is 4.24. The van der Waals surface area contributed by atoms with E-state index in [1.165, 1.54) is 11.0 Å². The highest BCUT2D eigenvalue weighted by molar-refractivity contribution is 9.10. The molecule has 7 nitrogen and oxygen atoms in total. The second-order valence-electron chi connectivity index (χ2n) is 6.89. The van der Waals surface area contributed by atoms with Crippen molar-refractivity contribution in [3.05, 3.63) is 22.7 Å². The average molecular weight is 415 g/mol. The van der Waals surface area contributed by atoms with Crippen LogP contribution in [-0.2, 0) is 14.3 Å². The van der Waals surface area contributed by atoms with Gasteiger partial charge in [-0.25, -0.2) is 4.79 Å². The summed E-state index contributed by atoms with van der Waals surface area (Å²) in [6, 6.07) is 3.98. The number of phenols is 1. The van der Waals surface area contributed by atoms with Crippen LogP contribution >= 0.6 is 15.9 Å². The van der Waals surface area contributed by atoms with Crippen molar-refractivity contribution in [1.82, 2.24) is 4.90 Å². The Morgan fingerprint density at radius 1 is 1.36 bits per heavy atom. The first-order valence-electron chi connectivity index (χ1n) is 7.92. The fourth-order valence-electron chi connectivity index (χ4n) is 2.56. The molecule has 0 aliphatic carbocycles. The number of phenolic OH excluding ortho intramolecular Hbond substituents is 1. The van der Waals surface area contributed by atoms with Crippen LogP contribution < -0.4 is 5.32 Å². The molecule has 0 bridgehead atoms. The predicted molar refractivity (Wildman–Crippen MR) is 96.6 cm³/mol. The van der Waals surface area contributed by atoms with Gasteiger partial charge < -0.3 is 19.9 Å². The van der Waals surface area contributed by atoms with Gasteiger partial charge in [-0.1, -0.05) is 15.9 Å². The number of likely N-dealkylation sites (tertiary alicyclic amines) is 1. The molecule has 0 saturated carbocycles. The van der Waals surface area contributed by atoms with Crippen molar-refractivity contribution in [3.63, 3.8) is 0 Å². The second-order valence-corrected chi connectivity index (χ2v) is 7.81.